The highest BCUT2D eigenvalue weighted by Crippen LogP contribution is 2.26. The van der Waals surface area contributed by atoms with Crippen molar-refractivity contribution in [1.82, 2.24) is 4.98 Å². The van der Waals surface area contributed by atoms with Crippen molar-refractivity contribution in [3.8, 4) is 11.6 Å². The SMILES string of the molecule is O=C1CCc2cc(Oc3ccccn3)ccc2C1. The molecule has 0 N–H and O–H groups in total. The maximum atomic E-state index is 11.4. The van der Waals surface area contributed by atoms with Crippen LogP contribution in [0.25, 0.3) is 0 Å². The van der Waals surface area contributed by atoms with Crippen LogP contribution in [0.2, 0.25) is 0 Å². The number of carbonyl (C=O) groups is 1. The van der Waals surface area contributed by atoms with Gasteiger partial charge >= 0.3 is 0 Å². The summed E-state index contributed by atoms with van der Waals surface area (Å²) in [4.78, 5) is 15.5. The Kier molecular flexibility index (Phi) is 2.81. The van der Waals surface area contributed by atoms with Gasteiger partial charge in [0.25, 0.3) is 0 Å². The van der Waals surface area contributed by atoms with Gasteiger partial charge in [-0.05, 0) is 35.7 Å². The van der Waals surface area contributed by atoms with Crippen LogP contribution in [0.15, 0.2) is 42.6 Å². The highest BCUT2D eigenvalue weighted by atomic mass is 16.5. The molecule has 0 aliphatic heterocycles. The van der Waals surface area contributed by atoms with Gasteiger partial charge in [0.1, 0.15) is 11.5 Å². The summed E-state index contributed by atoms with van der Waals surface area (Å²) < 4.78 is 5.68. The molecule has 1 heterocycles. The minimum Gasteiger partial charge on any atom is -0.439 e. The van der Waals surface area contributed by atoms with E-state index in [1.165, 1.54) is 5.56 Å². The molecule has 18 heavy (non-hydrogen) atoms. The van der Waals surface area contributed by atoms with E-state index in [0.717, 1.165) is 17.7 Å². The third-order valence-electron chi connectivity index (χ3n) is 3.10. The number of benzene rings is 1. The maximum Gasteiger partial charge on any atom is 0.219 e. The van der Waals surface area contributed by atoms with E-state index >= 15 is 0 Å². The first-order valence-corrected chi connectivity index (χ1v) is 6.04. The van der Waals surface area contributed by atoms with Gasteiger partial charge in [-0.2, -0.15) is 0 Å². The molecule has 0 radical (unpaired) electrons. The lowest BCUT2D eigenvalue weighted by atomic mass is 9.91. The lowest BCUT2D eigenvalue weighted by Gasteiger charge is -2.15. The lowest BCUT2D eigenvalue weighted by molar-refractivity contribution is -0.118. The number of rotatable bonds is 2. The first-order valence-electron chi connectivity index (χ1n) is 6.04. The number of hydrogen-bond donors (Lipinski definition) is 0. The predicted molar refractivity (Wildman–Crippen MR) is 67.8 cm³/mol. The number of fused-ring (bicyclic) bond motifs is 1. The first kappa shape index (κ1) is 11.0. The second-order valence-electron chi connectivity index (χ2n) is 4.42. The highest BCUT2D eigenvalue weighted by molar-refractivity contribution is 5.83. The van der Waals surface area contributed by atoms with Gasteiger partial charge in [0.05, 0.1) is 0 Å². The number of nitrogens with zero attached hydrogens (tertiary/aromatic N) is 1. The topological polar surface area (TPSA) is 39.2 Å². The monoisotopic (exact) mass is 239 g/mol. The standard InChI is InChI=1S/C15H13NO2/c17-13-6-4-12-10-14(7-5-11(12)9-13)18-15-3-1-2-8-16-15/h1-3,5,7-8,10H,4,6,9H2. The van der Waals surface area contributed by atoms with E-state index in [1.54, 1.807) is 6.20 Å². The third-order valence-corrected chi connectivity index (χ3v) is 3.10. The largest absolute Gasteiger partial charge is 0.439 e. The molecule has 0 atom stereocenters. The molecule has 0 saturated heterocycles. The molecular weight excluding hydrogens is 226 g/mol. The summed E-state index contributed by atoms with van der Waals surface area (Å²) in [6.07, 6.45) is 3.71. The molecule has 1 aromatic heterocycles. The van der Waals surface area contributed by atoms with Crippen LogP contribution in [0.3, 0.4) is 0 Å². The second-order valence-corrected chi connectivity index (χ2v) is 4.42. The van der Waals surface area contributed by atoms with Crippen molar-refractivity contribution in [2.45, 2.75) is 19.3 Å². The summed E-state index contributed by atoms with van der Waals surface area (Å²) >= 11 is 0. The predicted octanol–water partition coefficient (Wildman–Crippen LogP) is 2.93. The minimum absolute atomic E-state index is 0.320. The average Bonchev–Trinajstić information content (AvgIpc) is 2.40. The number of hydrogen-bond acceptors (Lipinski definition) is 3. The molecule has 2 aromatic rings. The van der Waals surface area contributed by atoms with Crippen LogP contribution in [0.5, 0.6) is 11.6 Å². The summed E-state index contributed by atoms with van der Waals surface area (Å²) in [6, 6.07) is 11.4. The number of ether oxygens (including phenoxy) is 1. The maximum absolute atomic E-state index is 11.4. The Balaban J connectivity index is 1.85. The molecular formula is C15H13NO2. The number of Topliss-reactive ketones (excluding diaryl/α,β-unsaturated/α-hetero) is 1. The zero-order valence-electron chi connectivity index (χ0n) is 9.93. The number of aryl methyl sites for hydroxylation is 1. The van der Waals surface area contributed by atoms with E-state index in [0.29, 0.717) is 24.5 Å². The van der Waals surface area contributed by atoms with Gasteiger partial charge in [-0.3, -0.25) is 4.79 Å². The van der Waals surface area contributed by atoms with Crippen molar-refractivity contribution in [1.29, 1.82) is 0 Å². The smallest absolute Gasteiger partial charge is 0.219 e. The fourth-order valence-corrected chi connectivity index (χ4v) is 2.17. The molecule has 0 bridgehead atoms. The second kappa shape index (κ2) is 4.61. The molecule has 3 heteroatoms. The van der Waals surface area contributed by atoms with Crippen molar-refractivity contribution in [3.05, 3.63) is 53.7 Å². The van der Waals surface area contributed by atoms with Gasteiger partial charge in [-0.15, -0.1) is 0 Å². The van der Waals surface area contributed by atoms with Crippen LogP contribution in [-0.2, 0) is 17.6 Å². The molecule has 0 amide bonds. The van der Waals surface area contributed by atoms with Gasteiger partial charge in [-0.25, -0.2) is 4.98 Å². The Hall–Kier alpha value is -2.16. The minimum atomic E-state index is 0.320. The van der Waals surface area contributed by atoms with E-state index in [4.69, 9.17) is 4.74 Å². The molecule has 3 rings (SSSR count). The fraction of sp³-hybridized carbons (Fsp3) is 0.200. The van der Waals surface area contributed by atoms with E-state index in [-0.39, 0.29) is 0 Å². The fourth-order valence-electron chi connectivity index (χ4n) is 2.17. The van der Waals surface area contributed by atoms with Gasteiger partial charge < -0.3 is 4.74 Å². The molecule has 1 aromatic carbocycles. The zero-order chi connectivity index (χ0) is 12.4. The molecule has 0 unspecified atom stereocenters. The van der Waals surface area contributed by atoms with Crippen molar-refractivity contribution >= 4 is 5.78 Å². The van der Waals surface area contributed by atoms with Crippen LogP contribution < -0.4 is 4.74 Å². The summed E-state index contributed by atoms with van der Waals surface area (Å²) in [7, 11) is 0. The van der Waals surface area contributed by atoms with E-state index < -0.39 is 0 Å². The van der Waals surface area contributed by atoms with Gasteiger partial charge in [0, 0.05) is 25.1 Å². The number of aromatic nitrogens is 1. The van der Waals surface area contributed by atoms with E-state index in [9.17, 15) is 4.79 Å². The molecule has 1 aliphatic rings. The Morgan fingerprint density at radius 1 is 1.06 bits per heavy atom. The van der Waals surface area contributed by atoms with Crippen LogP contribution >= 0.6 is 0 Å². The molecule has 3 nitrogen and oxygen atoms in total. The number of pyridine rings is 1. The van der Waals surface area contributed by atoms with E-state index in [2.05, 4.69) is 4.98 Å². The zero-order valence-corrected chi connectivity index (χ0v) is 9.93. The normalized spacial score (nSPS) is 14.1. The Morgan fingerprint density at radius 2 is 2.00 bits per heavy atom. The molecule has 0 fully saturated rings. The van der Waals surface area contributed by atoms with Gasteiger partial charge in [0.2, 0.25) is 5.88 Å². The first-order chi connectivity index (χ1) is 8.81. The van der Waals surface area contributed by atoms with Crippen molar-refractivity contribution < 1.29 is 9.53 Å². The quantitative estimate of drug-likeness (QED) is 0.808. The average molecular weight is 239 g/mol. The summed E-state index contributed by atoms with van der Waals surface area (Å²) in [5.41, 5.74) is 2.34. The van der Waals surface area contributed by atoms with Gasteiger partial charge in [-0.1, -0.05) is 12.1 Å². The number of carbonyl (C=O) groups excluding carboxylic acids is 1. The van der Waals surface area contributed by atoms with Crippen molar-refractivity contribution in [3.63, 3.8) is 0 Å². The Bertz CT molecular complexity index is 578. The van der Waals surface area contributed by atoms with Crippen LogP contribution in [-0.4, -0.2) is 10.8 Å². The Labute approximate surface area is 105 Å². The van der Waals surface area contributed by atoms with Crippen LogP contribution in [0.1, 0.15) is 17.5 Å². The highest BCUT2D eigenvalue weighted by Gasteiger charge is 2.15. The summed E-state index contributed by atoms with van der Waals surface area (Å²) in [5, 5.41) is 0. The van der Waals surface area contributed by atoms with Gasteiger partial charge in [0.15, 0.2) is 0 Å². The lowest BCUT2D eigenvalue weighted by Crippen LogP contribution is -2.12. The molecule has 90 valence electrons. The number of ketones is 1. The summed E-state index contributed by atoms with van der Waals surface area (Å²) in [6.45, 7) is 0. The molecule has 0 spiro atoms. The van der Waals surface area contributed by atoms with Crippen LogP contribution in [0.4, 0.5) is 0 Å². The van der Waals surface area contributed by atoms with Crippen molar-refractivity contribution in [2.75, 3.05) is 0 Å². The van der Waals surface area contributed by atoms with Crippen LogP contribution in [0, 0.1) is 0 Å². The third kappa shape index (κ3) is 2.25. The summed E-state index contributed by atoms with van der Waals surface area (Å²) in [5.74, 6) is 1.69. The van der Waals surface area contributed by atoms with E-state index in [1.807, 2.05) is 36.4 Å². The molecule has 0 saturated carbocycles. The molecule has 1 aliphatic carbocycles. The van der Waals surface area contributed by atoms with Crippen molar-refractivity contribution in [2.24, 2.45) is 0 Å². The Morgan fingerprint density at radius 3 is 2.83 bits per heavy atom.